The third-order valence-electron chi connectivity index (χ3n) is 3.44. The topological polar surface area (TPSA) is 64.6 Å². The molecule has 2 heterocycles. The number of piperazine rings is 1. The molecule has 1 aromatic carbocycles. The number of amides is 2. The largest absolute Gasteiger partial charge is 0.508 e. The van der Waals surface area contributed by atoms with Gasteiger partial charge < -0.3 is 20.6 Å². The molecule has 2 aliphatic heterocycles. The van der Waals surface area contributed by atoms with E-state index in [0.717, 1.165) is 19.5 Å². The van der Waals surface area contributed by atoms with Crippen molar-refractivity contribution in [2.45, 2.75) is 18.5 Å². The van der Waals surface area contributed by atoms with Crippen molar-refractivity contribution in [1.29, 1.82) is 0 Å². The first kappa shape index (κ1) is 13.2. The van der Waals surface area contributed by atoms with Gasteiger partial charge >= 0.3 is 6.03 Å². The lowest BCUT2D eigenvalue weighted by Crippen LogP contribution is -2.48. The lowest BCUT2D eigenvalue weighted by Gasteiger charge is -2.27. The molecule has 0 radical (unpaired) electrons. The summed E-state index contributed by atoms with van der Waals surface area (Å²) in [6.07, 6.45) is 1.06. The number of phenols is 1. The number of benzene rings is 1. The summed E-state index contributed by atoms with van der Waals surface area (Å²) < 4.78 is 0. The molecule has 18 heavy (non-hydrogen) atoms. The molecule has 0 aromatic heterocycles. The molecule has 98 valence electrons. The summed E-state index contributed by atoms with van der Waals surface area (Å²) in [4.78, 5) is 13.9. The zero-order valence-electron chi connectivity index (χ0n) is 9.80. The quantitative estimate of drug-likeness (QED) is 0.689. The summed E-state index contributed by atoms with van der Waals surface area (Å²) in [5, 5.41) is 15.4. The second-order valence-corrected chi connectivity index (χ2v) is 4.62. The summed E-state index contributed by atoms with van der Waals surface area (Å²) in [6.45, 7) is 1.68. The first-order valence-corrected chi connectivity index (χ1v) is 5.82. The highest BCUT2D eigenvalue weighted by Gasteiger charge is 2.40. The molecule has 2 aliphatic rings. The number of rotatable bonds is 1. The van der Waals surface area contributed by atoms with Crippen molar-refractivity contribution in [2.24, 2.45) is 0 Å². The van der Waals surface area contributed by atoms with Crippen molar-refractivity contribution in [3.63, 3.8) is 0 Å². The molecule has 0 aliphatic carbocycles. The summed E-state index contributed by atoms with van der Waals surface area (Å²) in [6, 6.07) is 7.26. The third kappa shape index (κ3) is 2.44. The maximum atomic E-state index is 12.0. The van der Waals surface area contributed by atoms with Crippen LogP contribution in [0.2, 0.25) is 0 Å². The minimum Gasteiger partial charge on any atom is -0.508 e. The van der Waals surface area contributed by atoms with Crippen LogP contribution in [0.15, 0.2) is 24.3 Å². The van der Waals surface area contributed by atoms with Crippen LogP contribution in [0.25, 0.3) is 0 Å². The van der Waals surface area contributed by atoms with Gasteiger partial charge in [0.05, 0.1) is 0 Å². The van der Waals surface area contributed by atoms with E-state index in [0.29, 0.717) is 17.8 Å². The van der Waals surface area contributed by atoms with Crippen molar-refractivity contribution in [1.82, 2.24) is 10.2 Å². The smallest absolute Gasteiger partial charge is 0.322 e. The molecule has 2 saturated heterocycles. The molecule has 0 unspecified atom stereocenters. The lowest BCUT2D eigenvalue weighted by molar-refractivity contribution is 0.199. The minimum atomic E-state index is -0.0512. The van der Waals surface area contributed by atoms with Gasteiger partial charge in [-0.3, -0.25) is 0 Å². The Hall–Kier alpha value is -1.27. The van der Waals surface area contributed by atoms with Gasteiger partial charge in [0, 0.05) is 30.9 Å². The Balaban J connectivity index is 0.00000120. The minimum absolute atomic E-state index is 0. The first-order chi connectivity index (χ1) is 8.22. The molecule has 3 rings (SSSR count). The zero-order chi connectivity index (χ0) is 11.8. The number of aromatic hydroxyl groups is 1. The van der Waals surface area contributed by atoms with Crippen LogP contribution in [0.3, 0.4) is 0 Å². The van der Waals surface area contributed by atoms with Gasteiger partial charge in [-0.05, 0) is 30.7 Å². The van der Waals surface area contributed by atoms with Crippen LogP contribution >= 0.6 is 17.0 Å². The second-order valence-electron chi connectivity index (χ2n) is 4.62. The predicted octanol–water partition coefficient (Wildman–Crippen LogP) is 1.55. The Labute approximate surface area is 116 Å². The highest BCUT2D eigenvalue weighted by Crippen LogP contribution is 2.24. The van der Waals surface area contributed by atoms with Gasteiger partial charge in [0.2, 0.25) is 0 Å². The normalized spacial score (nSPS) is 24.8. The van der Waals surface area contributed by atoms with Crippen LogP contribution in [0.4, 0.5) is 10.5 Å². The Morgan fingerprint density at radius 1 is 1.39 bits per heavy atom. The number of nitrogens with one attached hydrogen (secondary N) is 2. The van der Waals surface area contributed by atoms with Crippen molar-refractivity contribution >= 4 is 28.7 Å². The Kier molecular flexibility index (Phi) is 3.77. The molecular weight excluding hydrogens is 298 g/mol. The van der Waals surface area contributed by atoms with Crippen LogP contribution < -0.4 is 10.6 Å². The number of carbonyl (C=O) groups is 1. The number of anilines is 1. The molecule has 0 spiro atoms. The number of likely N-dealkylation sites (tertiary alicyclic amines) is 1. The van der Waals surface area contributed by atoms with Gasteiger partial charge in [-0.2, -0.15) is 0 Å². The van der Waals surface area contributed by atoms with E-state index in [-0.39, 0.29) is 28.8 Å². The van der Waals surface area contributed by atoms with Gasteiger partial charge in [0.1, 0.15) is 5.75 Å². The molecular formula is C12H16BrN3O2. The van der Waals surface area contributed by atoms with Crippen molar-refractivity contribution < 1.29 is 9.90 Å². The van der Waals surface area contributed by atoms with Crippen molar-refractivity contribution in [3.05, 3.63) is 24.3 Å². The van der Waals surface area contributed by atoms with Crippen LogP contribution in [-0.2, 0) is 0 Å². The number of urea groups is 1. The monoisotopic (exact) mass is 313 g/mol. The maximum Gasteiger partial charge on any atom is 0.322 e. The predicted molar refractivity (Wildman–Crippen MR) is 74.3 cm³/mol. The van der Waals surface area contributed by atoms with E-state index in [1.807, 2.05) is 4.90 Å². The summed E-state index contributed by atoms with van der Waals surface area (Å²) in [5.74, 6) is 0.201. The average molecular weight is 314 g/mol. The van der Waals surface area contributed by atoms with Crippen LogP contribution in [0, 0.1) is 0 Å². The van der Waals surface area contributed by atoms with Gasteiger partial charge in [-0.25, -0.2) is 4.79 Å². The van der Waals surface area contributed by atoms with Crippen LogP contribution in [-0.4, -0.2) is 41.2 Å². The highest BCUT2D eigenvalue weighted by atomic mass is 79.9. The van der Waals surface area contributed by atoms with E-state index in [2.05, 4.69) is 10.6 Å². The number of hydrogen-bond acceptors (Lipinski definition) is 3. The number of halogens is 1. The fourth-order valence-corrected chi connectivity index (χ4v) is 2.55. The summed E-state index contributed by atoms with van der Waals surface area (Å²) >= 11 is 0. The fraction of sp³-hybridized carbons (Fsp3) is 0.417. The molecule has 0 saturated carbocycles. The number of hydrogen-bond donors (Lipinski definition) is 3. The van der Waals surface area contributed by atoms with Crippen molar-refractivity contribution in [2.75, 3.05) is 18.4 Å². The van der Waals surface area contributed by atoms with Gasteiger partial charge in [-0.1, -0.05) is 0 Å². The molecule has 2 amide bonds. The average Bonchev–Trinajstić information content (AvgIpc) is 2.94. The second kappa shape index (κ2) is 5.16. The molecule has 2 fully saturated rings. The zero-order valence-corrected chi connectivity index (χ0v) is 11.5. The van der Waals surface area contributed by atoms with Crippen LogP contribution in [0.5, 0.6) is 5.75 Å². The summed E-state index contributed by atoms with van der Waals surface area (Å²) in [7, 11) is 0. The van der Waals surface area contributed by atoms with E-state index < -0.39 is 0 Å². The molecule has 5 nitrogen and oxygen atoms in total. The van der Waals surface area contributed by atoms with Gasteiger partial charge in [0.25, 0.3) is 0 Å². The lowest BCUT2D eigenvalue weighted by atomic mass is 10.2. The highest BCUT2D eigenvalue weighted by molar-refractivity contribution is 8.93. The molecule has 1 aromatic rings. The Morgan fingerprint density at radius 3 is 2.67 bits per heavy atom. The van der Waals surface area contributed by atoms with Gasteiger partial charge in [0.15, 0.2) is 0 Å². The fourth-order valence-electron chi connectivity index (χ4n) is 2.55. The van der Waals surface area contributed by atoms with E-state index in [1.54, 1.807) is 24.3 Å². The summed E-state index contributed by atoms with van der Waals surface area (Å²) in [5.41, 5.74) is 0.712. The number of phenolic OH excluding ortho intramolecular Hbond substituents is 1. The van der Waals surface area contributed by atoms with E-state index in [1.165, 1.54) is 0 Å². The Morgan fingerprint density at radius 2 is 2.11 bits per heavy atom. The van der Waals surface area contributed by atoms with Gasteiger partial charge in [-0.15, -0.1) is 17.0 Å². The SMILES string of the molecule is Br.O=C(Nc1ccc(O)cc1)N1C[C@@H]2C[C@H]1CN2. The first-order valence-electron chi connectivity index (χ1n) is 5.82. The van der Waals surface area contributed by atoms with E-state index in [9.17, 15) is 4.79 Å². The number of nitrogens with zero attached hydrogens (tertiary/aromatic N) is 1. The molecule has 2 atom stereocenters. The number of carbonyl (C=O) groups excluding carboxylic acids is 1. The van der Waals surface area contributed by atoms with E-state index >= 15 is 0 Å². The molecule has 2 bridgehead atoms. The molecule has 3 N–H and O–H groups in total. The Bertz CT molecular complexity index is 437. The molecule has 6 heteroatoms. The van der Waals surface area contributed by atoms with E-state index in [4.69, 9.17) is 5.11 Å². The maximum absolute atomic E-state index is 12.0. The number of fused-ring (bicyclic) bond motifs is 2. The van der Waals surface area contributed by atoms with Crippen molar-refractivity contribution in [3.8, 4) is 5.75 Å². The van der Waals surface area contributed by atoms with Crippen LogP contribution in [0.1, 0.15) is 6.42 Å². The third-order valence-corrected chi connectivity index (χ3v) is 3.44. The standard InChI is InChI=1S/C12H15N3O2.BrH/c16-11-3-1-8(2-4-11)14-12(17)15-7-9-5-10(15)6-13-9;/h1-4,9-10,13,16H,5-7H2,(H,14,17);1H/t9-,10-;/m0./s1.